The molecule has 2 unspecified atom stereocenters. The van der Waals surface area contributed by atoms with Crippen LogP contribution in [0.5, 0.6) is 5.75 Å². The summed E-state index contributed by atoms with van der Waals surface area (Å²) in [7, 11) is 3.73. The van der Waals surface area contributed by atoms with Gasteiger partial charge in [0.1, 0.15) is 5.75 Å². The second kappa shape index (κ2) is 6.92. The van der Waals surface area contributed by atoms with Crippen LogP contribution in [0.1, 0.15) is 45.7 Å². The molecule has 0 fully saturated rings. The quantitative estimate of drug-likeness (QED) is 0.818. The van der Waals surface area contributed by atoms with Crippen molar-refractivity contribution in [1.82, 2.24) is 5.32 Å². The van der Waals surface area contributed by atoms with E-state index in [1.807, 2.05) is 33.0 Å². The van der Waals surface area contributed by atoms with Crippen LogP contribution in [0.25, 0.3) is 0 Å². The normalized spacial score (nSPS) is 16.2. The molecular formula is C16H27NO2. The molecule has 0 bridgehead atoms. The molecule has 1 rings (SSSR count). The SMILES string of the molecule is CCC(C)(OC)C(NC)c1cccc(OC(C)C)c1. The van der Waals surface area contributed by atoms with Gasteiger partial charge in [0.15, 0.2) is 0 Å². The van der Waals surface area contributed by atoms with E-state index in [9.17, 15) is 0 Å². The van der Waals surface area contributed by atoms with Gasteiger partial charge in [-0.2, -0.15) is 0 Å². The van der Waals surface area contributed by atoms with Crippen molar-refractivity contribution in [1.29, 1.82) is 0 Å². The fourth-order valence-electron chi connectivity index (χ4n) is 2.33. The highest BCUT2D eigenvalue weighted by Crippen LogP contribution is 2.32. The highest BCUT2D eigenvalue weighted by Gasteiger charge is 2.32. The average Bonchev–Trinajstić information content (AvgIpc) is 2.39. The Kier molecular flexibility index (Phi) is 5.83. The van der Waals surface area contributed by atoms with Gasteiger partial charge in [-0.15, -0.1) is 0 Å². The highest BCUT2D eigenvalue weighted by molar-refractivity contribution is 5.32. The molecule has 0 saturated carbocycles. The molecule has 3 nitrogen and oxygen atoms in total. The molecule has 0 aliphatic rings. The van der Waals surface area contributed by atoms with E-state index in [2.05, 4.69) is 31.3 Å². The first-order valence-corrected chi connectivity index (χ1v) is 6.95. The molecule has 108 valence electrons. The van der Waals surface area contributed by atoms with Gasteiger partial charge in [0.05, 0.1) is 17.7 Å². The van der Waals surface area contributed by atoms with Crippen molar-refractivity contribution in [2.24, 2.45) is 0 Å². The fourth-order valence-corrected chi connectivity index (χ4v) is 2.33. The topological polar surface area (TPSA) is 30.5 Å². The van der Waals surface area contributed by atoms with Gasteiger partial charge in [0, 0.05) is 7.11 Å². The molecule has 0 heterocycles. The van der Waals surface area contributed by atoms with Gasteiger partial charge < -0.3 is 14.8 Å². The van der Waals surface area contributed by atoms with Crippen molar-refractivity contribution >= 4 is 0 Å². The summed E-state index contributed by atoms with van der Waals surface area (Å²) in [5, 5.41) is 3.36. The number of hydrogen-bond acceptors (Lipinski definition) is 3. The summed E-state index contributed by atoms with van der Waals surface area (Å²) in [4.78, 5) is 0. The summed E-state index contributed by atoms with van der Waals surface area (Å²) in [5.74, 6) is 0.905. The number of likely N-dealkylation sites (N-methyl/N-ethyl adjacent to an activating group) is 1. The molecule has 0 spiro atoms. The van der Waals surface area contributed by atoms with Crippen LogP contribution in [-0.2, 0) is 4.74 Å². The molecule has 0 amide bonds. The van der Waals surface area contributed by atoms with Gasteiger partial charge in [-0.1, -0.05) is 19.1 Å². The van der Waals surface area contributed by atoms with Gasteiger partial charge >= 0.3 is 0 Å². The number of benzene rings is 1. The molecule has 1 aromatic carbocycles. The molecule has 0 aromatic heterocycles. The van der Waals surface area contributed by atoms with E-state index in [0.29, 0.717) is 0 Å². The Balaban J connectivity index is 3.05. The summed E-state index contributed by atoms with van der Waals surface area (Å²) in [6.07, 6.45) is 1.12. The van der Waals surface area contributed by atoms with Crippen LogP contribution >= 0.6 is 0 Å². The third-order valence-corrected chi connectivity index (χ3v) is 3.63. The maximum atomic E-state index is 5.76. The maximum absolute atomic E-state index is 5.76. The maximum Gasteiger partial charge on any atom is 0.120 e. The minimum atomic E-state index is -0.231. The molecule has 0 saturated heterocycles. The molecule has 0 aliphatic carbocycles. The fraction of sp³-hybridized carbons (Fsp3) is 0.625. The minimum Gasteiger partial charge on any atom is -0.491 e. The number of rotatable bonds is 7. The predicted molar refractivity (Wildman–Crippen MR) is 79.7 cm³/mol. The van der Waals surface area contributed by atoms with Crippen LogP contribution in [0.4, 0.5) is 0 Å². The lowest BCUT2D eigenvalue weighted by Crippen LogP contribution is -2.41. The van der Waals surface area contributed by atoms with Crippen LogP contribution in [0.2, 0.25) is 0 Å². The second-order valence-electron chi connectivity index (χ2n) is 5.33. The van der Waals surface area contributed by atoms with Gasteiger partial charge in [-0.05, 0) is 51.9 Å². The van der Waals surface area contributed by atoms with E-state index in [0.717, 1.165) is 12.2 Å². The van der Waals surface area contributed by atoms with E-state index >= 15 is 0 Å². The molecule has 1 N–H and O–H groups in total. The van der Waals surface area contributed by atoms with Crippen LogP contribution < -0.4 is 10.1 Å². The van der Waals surface area contributed by atoms with Crippen molar-refractivity contribution in [3.63, 3.8) is 0 Å². The number of ether oxygens (including phenoxy) is 2. The number of methoxy groups -OCH3 is 1. The van der Waals surface area contributed by atoms with Crippen molar-refractivity contribution < 1.29 is 9.47 Å². The molecule has 2 atom stereocenters. The van der Waals surface area contributed by atoms with E-state index in [1.165, 1.54) is 5.56 Å². The van der Waals surface area contributed by atoms with Crippen LogP contribution in [0.3, 0.4) is 0 Å². The zero-order chi connectivity index (χ0) is 14.5. The third-order valence-electron chi connectivity index (χ3n) is 3.63. The molecule has 0 radical (unpaired) electrons. The lowest BCUT2D eigenvalue weighted by atomic mass is 9.87. The molecule has 1 aromatic rings. The Morgan fingerprint density at radius 1 is 1.32 bits per heavy atom. The van der Waals surface area contributed by atoms with E-state index in [4.69, 9.17) is 9.47 Å². The summed E-state index contributed by atoms with van der Waals surface area (Å²) in [6.45, 7) is 8.34. The van der Waals surface area contributed by atoms with Gasteiger partial charge in [-0.25, -0.2) is 0 Å². The largest absolute Gasteiger partial charge is 0.491 e. The van der Waals surface area contributed by atoms with Crippen LogP contribution in [0, 0.1) is 0 Å². The first kappa shape index (κ1) is 16.0. The Labute approximate surface area is 117 Å². The Hall–Kier alpha value is -1.06. The Morgan fingerprint density at radius 3 is 2.47 bits per heavy atom. The number of nitrogens with one attached hydrogen (secondary N) is 1. The lowest BCUT2D eigenvalue weighted by molar-refractivity contribution is -0.0280. The van der Waals surface area contributed by atoms with Crippen molar-refractivity contribution in [3.05, 3.63) is 29.8 Å². The van der Waals surface area contributed by atoms with Gasteiger partial charge in [0.2, 0.25) is 0 Å². The highest BCUT2D eigenvalue weighted by atomic mass is 16.5. The smallest absolute Gasteiger partial charge is 0.120 e. The molecule has 3 heteroatoms. The predicted octanol–water partition coefficient (Wildman–Crippen LogP) is 3.55. The van der Waals surface area contributed by atoms with E-state index in [-0.39, 0.29) is 17.7 Å². The summed E-state index contributed by atoms with van der Waals surface area (Å²) < 4.78 is 11.5. The van der Waals surface area contributed by atoms with Gasteiger partial charge in [-0.3, -0.25) is 0 Å². The first-order valence-electron chi connectivity index (χ1n) is 6.95. The zero-order valence-electron chi connectivity index (χ0n) is 13.0. The minimum absolute atomic E-state index is 0.137. The van der Waals surface area contributed by atoms with Crippen LogP contribution in [-0.4, -0.2) is 25.9 Å². The zero-order valence-corrected chi connectivity index (χ0v) is 13.0. The second-order valence-corrected chi connectivity index (χ2v) is 5.33. The van der Waals surface area contributed by atoms with E-state index < -0.39 is 0 Å². The third kappa shape index (κ3) is 3.95. The Bertz CT molecular complexity index is 386. The van der Waals surface area contributed by atoms with Crippen molar-refractivity contribution in [2.45, 2.75) is 51.9 Å². The average molecular weight is 265 g/mol. The molecule has 0 aliphatic heterocycles. The summed E-state index contributed by atoms with van der Waals surface area (Å²) in [5.41, 5.74) is 0.956. The van der Waals surface area contributed by atoms with Crippen molar-refractivity contribution in [2.75, 3.05) is 14.2 Å². The first-order chi connectivity index (χ1) is 8.96. The van der Waals surface area contributed by atoms with E-state index in [1.54, 1.807) is 7.11 Å². The molecule has 19 heavy (non-hydrogen) atoms. The Morgan fingerprint density at radius 2 is 2.00 bits per heavy atom. The summed E-state index contributed by atoms with van der Waals surface area (Å²) >= 11 is 0. The van der Waals surface area contributed by atoms with Gasteiger partial charge in [0.25, 0.3) is 0 Å². The monoisotopic (exact) mass is 265 g/mol. The number of hydrogen-bond donors (Lipinski definition) is 1. The van der Waals surface area contributed by atoms with Crippen LogP contribution in [0.15, 0.2) is 24.3 Å². The standard InChI is InChI=1S/C16H27NO2/c1-7-16(4,18-6)15(17-5)13-9-8-10-14(11-13)19-12(2)3/h8-12,15,17H,7H2,1-6H3. The summed E-state index contributed by atoms with van der Waals surface area (Å²) in [6, 6.07) is 8.36. The molecular weight excluding hydrogens is 238 g/mol. The van der Waals surface area contributed by atoms with Crippen molar-refractivity contribution in [3.8, 4) is 5.75 Å². The lowest BCUT2D eigenvalue weighted by Gasteiger charge is -2.36.